The molecule has 26 heavy (non-hydrogen) atoms. The van der Waals surface area contributed by atoms with Gasteiger partial charge in [0.2, 0.25) is 0 Å². The van der Waals surface area contributed by atoms with Crippen molar-refractivity contribution in [1.82, 2.24) is 0 Å². The maximum Gasteiger partial charge on any atom is 0.302 e. The predicted octanol–water partition coefficient (Wildman–Crippen LogP) is 4.88. The Bertz CT molecular complexity index is 609. The quantitative estimate of drug-likeness (QED) is 0.564. The number of rotatable bonds is 2. The summed E-state index contributed by atoms with van der Waals surface area (Å²) in [7, 11) is 0. The maximum atomic E-state index is 11.4. The van der Waals surface area contributed by atoms with Crippen LogP contribution in [-0.4, -0.2) is 23.3 Å². The number of hydrogen-bond acceptors (Lipinski definition) is 3. The number of hydrogen-bond donors (Lipinski definition) is 1. The average Bonchev–Trinajstić information content (AvgIpc) is 2.92. The van der Waals surface area contributed by atoms with Crippen LogP contribution in [0, 0.1) is 34.5 Å². The molecule has 3 heteroatoms. The third-order valence-electron chi connectivity index (χ3n) is 9.05. The standard InChI is InChI=1S/C23H36O3/c1-14(24)19-7-8-20-18-6-5-16-13-17(26-15(2)25)9-11-22(16,3)21(18)10-12-23(19,20)4/h5,14,17-21,24H,6-13H2,1-4H3/t14?,17?,18-,19-,20?,21-,22+,23-/m1/s1. The van der Waals surface area contributed by atoms with E-state index in [1.54, 1.807) is 5.57 Å². The van der Waals surface area contributed by atoms with Gasteiger partial charge >= 0.3 is 5.97 Å². The SMILES string of the molecule is CC(=O)OC1CC[C@@]2(C)C(=CC[C@@H]3C4CC[C@H](C(C)O)[C@@]4(C)CC[C@H]32)C1. The van der Waals surface area contributed by atoms with Gasteiger partial charge in [-0.25, -0.2) is 0 Å². The van der Waals surface area contributed by atoms with E-state index in [9.17, 15) is 9.90 Å². The van der Waals surface area contributed by atoms with Crippen LogP contribution in [-0.2, 0) is 9.53 Å². The second kappa shape index (κ2) is 6.36. The van der Waals surface area contributed by atoms with Crippen LogP contribution in [0.1, 0.15) is 79.1 Å². The lowest BCUT2D eigenvalue weighted by molar-refractivity contribution is -0.148. The van der Waals surface area contributed by atoms with Gasteiger partial charge in [-0.1, -0.05) is 25.5 Å². The Balaban J connectivity index is 1.58. The summed E-state index contributed by atoms with van der Waals surface area (Å²) in [5.74, 6) is 2.65. The summed E-state index contributed by atoms with van der Waals surface area (Å²) in [6, 6.07) is 0. The molecule has 1 N–H and O–H groups in total. The highest BCUT2D eigenvalue weighted by Crippen LogP contribution is 2.66. The molecule has 0 aromatic rings. The van der Waals surface area contributed by atoms with Gasteiger partial charge in [0.1, 0.15) is 6.10 Å². The Morgan fingerprint density at radius 2 is 1.96 bits per heavy atom. The minimum atomic E-state index is -0.175. The van der Waals surface area contributed by atoms with Crippen molar-refractivity contribution in [1.29, 1.82) is 0 Å². The minimum absolute atomic E-state index is 0.0864. The van der Waals surface area contributed by atoms with E-state index in [0.29, 0.717) is 16.7 Å². The van der Waals surface area contributed by atoms with Gasteiger partial charge in [-0.3, -0.25) is 4.79 Å². The molecular weight excluding hydrogens is 324 g/mol. The summed E-state index contributed by atoms with van der Waals surface area (Å²) in [5, 5.41) is 10.3. The van der Waals surface area contributed by atoms with Crippen LogP contribution >= 0.6 is 0 Å². The van der Waals surface area contributed by atoms with E-state index in [4.69, 9.17) is 4.74 Å². The molecule has 0 aliphatic heterocycles. The summed E-state index contributed by atoms with van der Waals surface area (Å²) in [5.41, 5.74) is 2.18. The lowest BCUT2D eigenvalue weighted by Gasteiger charge is -2.58. The van der Waals surface area contributed by atoms with Crippen LogP contribution in [0.5, 0.6) is 0 Å². The van der Waals surface area contributed by atoms with Crippen molar-refractivity contribution in [3.63, 3.8) is 0 Å². The molecule has 0 saturated heterocycles. The lowest BCUT2D eigenvalue weighted by atomic mass is 9.47. The molecule has 3 nitrogen and oxygen atoms in total. The molecule has 8 atom stereocenters. The van der Waals surface area contributed by atoms with Crippen molar-refractivity contribution in [2.75, 3.05) is 0 Å². The van der Waals surface area contributed by atoms with Crippen molar-refractivity contribution in [3.8, 4) is 0 Å². The molecule has 4 aliphatic rings. The monoisotopic (exact) mass is 360 g/mol. The third kappa shape index (κ3) is 2.68. The van der Waals surface area contributed by atoms with Crippen LogP contribution in [0.2, 0.25) is 0 Å². The molecule has 4 rings (SSSR count). The Morgan fingerprint density at radius 3 is 2.65 bits per heavy atom. The van der Waals surface area contributed by atoms with E-state index < -0.39 is 0 Å². The smallest absolute Gasteiger partial charge is 0.302 e. The Kier molecular flexibility index (Phi) is 4.53. The van der Waals surface area contributed by atoms with E-state index in [2.05, 4.69) is 19.9 Å². The molecule has 146 valence electrons. The molecule has 0 spiro atoms. The summed E-state index contributed by atoms with van der Waals surface area (Å²) < 4.78 is 5.54. The maximum absolute atomic E-state index is 11.4. The number of carbonyl (C=O) groups is 1. The molecule has 0 aromatic carbocycles. The van der Waals surface area contributed by atoms with E-state index in [1.165, 1.54) is 39.0 Å². The Morgan fingerprint density at radius 1 is 1.19 bits per heavy atom. The number of fused-ring (bicyclic) bond motifs is 5. The van der Waals surface area contributed by atoms with E-state index >= 15 is 0 Å². The van der Waals surface area contributed by atoms with Gasteiger partial charge in [0, 0.05) is 13.3 Å². The zero-order valence-corrected chi connectivity index (χ0v) is 17.0. The number of allylic oxidation sites excluding steroid dienone is 1. The Hall–Kier alpha value is -0.830. The zero-order valence-electron chi connectivity index (χ0n) is 17.0. The number of carbonyl (C=O) groups excluding carboxylic acids is 1. The summed E-state index contributed by atoms with van der Waals surface area (Å²) in [6.07, 6.45) is 11.8. The Labute approximate surface area is 158 Å². The predicted molar refractivity (Wildman–Crippen MR) is 102 cm³/mol. The molecule has 0 radical (unpaired) electrons. The molecule has 3 fully saturated rings. The van der Waals surface area contributed by atoms with Gasteiger partial charge in [0.25, 0.3) is 0 Å². The molecule has 0 aromatic heterocycles. The van der Waals surface area contributed by atoms with Crippen LogP contribution < -0.4 is 0 Å². The molecule has 3 saturated carbocycles. The number of ether oxygens (including phenoxy) is 1. The summed E-state index contributed by atoms with van der Waals surface area (Å²) in [4.78, 5) is 11.4. The van der Waals surface area contributed by atoms with Crippen molar-refractivity contribution < 1.29 is 14.6 Å². The first kappa shape index (κ1) is 18.5. The topological polar surface area (TPSA) is 46.5 Å². The lowest BCUT2D eigenvalue weighted by Crippen LogP contribution is -2.51. The number of esters is 1. The zero-order chi connectivity index (χ0) is 18.7. The molecule has 3 unspecified atom stereocenters. The van der Waals surface area contributed by atoms with Gasteiger partial charge in [-0.05, 0) is 86.4 Å². The fourth-order valence-corrected chi connectivity index (χ4v) is 7.80. The van der Waals surface area contributed by atoms with E-state index in [0.717, 1.165) is 37.0 Å². The largest absolute Gasteiger partial charge is 0.462 e. The molecule has 0 heterocycles. The average molecular weight is 361 g/mol. The molecule has 0 amide bonds. The van der Waals surface area contributed by atoms with Crippen LogP contribution in [0.4, 0.5) is 0 Å². The number of aliphatic hydroxyl groups excluding tert-OH is 1. The van der Waals surface area contributed by atoms with E-state index in [1.807, 2.05) is 6.92 Å². The fourth-order valence-electron chi connectivity index (χ4n) is 7.80. The van der Waals surface area contributed by atoms with Crippen molar-refractivity contribution >= 4 is 5.97 Å². The van der Waals surface area contributed by atoms with Crippen molar-refractivity contribution in [2.45, 2.75) is 91.3 Å². The van der Waals surface area contributed by atoms with Crippen LogP contribution in [0.3, 0.4) is 0 Å². The van der Waals surface area contributed by atoms with Gasteiger partial charge in [-0.2, -0.15) is 0 Å². The van der Waals surface area contributed by atoms with Gasteiger partial charge in [0.15, 0.2) is 0 Å². The highest BCUT2D eigenvalue weighted by Gasteiger charge is 2.59. The second-order valence-electron chi connectivity index (χ2n) is 10.2. The van der Waals surface area contributed by atoms with Gasteiger partial charge < -0.3 is 9.84 Å². The summed E-state index contributed by atoms with van der Waals surface area (Å²) >= 11 is 0. The first-order valence-corrected chi connectivity index (χ1v) is 10.8. The molecule has 4 aliphatic carbocycles. The second-order valence-corrected chi connectivity index (χ2v) is 10.2. The van der Waals surface area contributed by atoms with Gasteiger partial charge in [0.05, 0.1) is 6.10 Å². The van der Waals surface area contributed by atoms with Crippen molar-refractivity contribution in [3.05, 3.63) is 11.6 Å². The first-order valence-electron chi connectivity index (χ1n) is 10.8. The van der Waals surface area contributed by atoms with E-state index in [-0.39, 0.29) is 18.2 Å². The fraction of sp³-hybridized carbons (Fsp3) is 0.870. The van der Waals surface area contributed by atoms with Crippen molar-refractivity contribution in [2.24, 2.45) is 34.5 Å². The highest BCUT2D eigenvalue weighted by molar-refractivity contribution is 5.66. The molecule has 0 bridgehead atoms. The minimum Gasteiger partial charge on any atom is -0.462 e. The van der Waals surface area contributed by atoms with Crippen LogP contribution in [0.25, 0.3) is 0 Å². The normalized spacial score (nSPS) is 48.7. The third-order valence-corrected chi connectivity index (χ3v) is 9.05. The molecular formula is C23H36O3. The summed E-state index contributed by atoms with van der Waals surface area (Å²) in [6.45, 7) is 8.49. The first-order chi connectivity index (χ1) is 12.3. The van der Waals surface area contributed by atoms with Gasteiger partial charge in [-0.15, -0.1) is 0 Å². The van der Waals surface area contributed by atoms with Crippen LogP contribution in [0.15, 0.2) is 11.6 Å². The number of aliphatic hydroxyl groups is 1. The highest BCUT2D eigenvalue weighted by atomic mass is 16.5.